The first-order chi connectivity index (χ1) is 12.6. The number of aromatic amines is 1. The molecule has 0 radical (unpaired) electrons. The van der Waals surface area contributed by atoms with E-state index in [0.29, 0.717) is 16.5 Å². The van der Waals surface area contributed by atoms with E-state index in [-0.39, 0.29) is 11.4 Å². The lowest BCUT2D eigenvalue weighted by molar-refractivity contribution is -0.142. The molecule has 1 N–H and O–H groups in total. The van der Waals surface area contributed by atoms with Crippen LogP contribution in [0.15, 0.2) is 59.4 Å². The minimum atomic E-state index is -0.703. The molecule has 1 aromatic heterocycles. The number of hydrogen-bond acceptors (Lipinski definition) is 5. The number of para-hydroxylation sites is 1. The number of hydrogen-bond donors (Lipinski definition) is 1. The van der Waals surface area contributed by atoms with Gasteiger partial charge in [0.2, 0.25) is 0 Å². The molecular formula is C20H15N3O3. The molecule has 1 heterocycles. The summed E-state index contributed by atoms with van der Waals surface area (Å²) in [6.07, 6.45) is 2.18. The van der Waals surface area contributed by atoms with Crippen LogP contribution in [0.3, 0.4) is 0 Å². The van der Waals surface area contributed by atoms with Crippen molar-refractivity contribution in [2.45, 2.75) is 13.0 Å². The Kier molecular flexibility index (Phi) is 4.90. The average Bonchev–Trinajstić information content (AvgIpc) is 2.66. The van der Waals surface area contributed by atoms with E-state index in [2.05, 4.69) is 9.97 Å². The minimum absolute atomic E-state index is 0.276. The van der Waals surface area contributed by atoms with Crippen LogP contribution in [-0.2, 0) is 9.53 Å². The van der Waals surface area contributed by atoms with Crippen molar-refractivity contribution in [3.8, 4) is 6.07 Å². The molecule has 0 saturated carbocycles. The lowest BCUT2D eigenvalue weighted by atomic mass is 10.1. The van der Waals surface area contributed by atoms with Crippen molar-refractivity contribution in [2.75, 3.05) is 0 Å². The number of H-pyrrole nitrogens is 1. The third-order valence-electron chi connectivity index (χ3n) is 3.76. The Labute approximate surface area is 149 Å². The number of fused-ring (bicyclic) bond motifs is 1. The Balaban J connectivity index is 1.71. The zero-order chi connectivity index (χ0) is 18.5. The molecule has 6 heteroatoms. The van der Waals surface area contributed by atoms with Crippen molar-refractivity contribution in [3.63, 3.8) is 0 Å². The van der Waals surface area contributed by atoms with Gasteiger partial charge in [-0.15, -0.1) is 0 Å². The highest BCUT2D eigenvalue weighted by Crippen LogP contribution is 2.15. The summed E-state index contributed by atoms with van der Waals surface area (Å²) in [5.74, 6) is -0.272. The number of rotatable bonds is 4. The van der Waals surface area contributed by atoms with Crippen LogP contribution in [0, 0.1) is 11.3 Å². The van der Waals surface area contributed by atoms with Crippen molar-refractivity contribution in [3.05, 3.63) is 81.9 Å². The van der Waals surface area contributed by atoms with Gasteiger partial charge in [0.1, 0.15) is 0 Å². The number of carbonyl (C=O) groups is 1. The van der Waals surface area contributed by atoms with E-state index in [9.17, 15) is 9.59 Å². The van der Waals surface area contributed by atoms with Crippen molar-refractivity contribution >= 4 is 22.9 Å². The van der Waals surface area contributed by atoms with E-state index in [0.717, 1.165) is 5.56 Å². The lowest BCUT2D eigenvalue weighted by Crippen LogP contribution is -2.16. The summed E-state index contributed by atoms with van der Waals surface area (Å²) < 4.78 is 5.30. The number of nitrogens with one attached hydrogen (secondary N) is 1. The van der Waals surface area contributed by atoms with Crippen molar-refractivity contribution < 1.29 is 9.53 Å². The van der Waals surface area contributed by atoms with Gasteiger partial charge in [-0.05, 0) is 42.8 Å². The van der Waals surface area contributed by atoms with Gasteiger partial charge in [-0.2, -0.15) is 5.26 Å². The fourth-order valence-electron chi connectivity index (χ4n) is 2.40. The van der Waals surface area contributed by atoms with E-state index in [4.69, 9.17) is 10.00 Å². The van der Waals surface area contributed by atoms with Crippen LogP contribution in [0.25, 0.3) is 17.0 Å². The van der Waals surface area contributed by atoms with Crippen LogP contribution >= 0.6 is 0 Å². The van der Waals surface area contributed by atoms with Gasteiger partial charge in [-0.3, -0.25) is 4.79 Å². The fraction of sp³-hybridized carbons (Fsp3) is 0.100. The maximum absolute atomic E-state index is 12.1. The SMILES string of the molecule is C[C@H](OC(=O)/C=C/c1ccc(C#N)cc1)c1nc2ccccc2c(=O)[nH]1. The second-order valence-corrected chi connectivity index (χ2v) is 5.61. The molecule has 3 aromatic rings. The van der Waals surface area contributed by atoms with E-state index >= 15 is 0 Å². The summed E-state index contributed by atoms with van der Waals surface area (Å²) in [4.78, 5) is 31.1. The van der Waals surface area contributed by atoms with E-state index in [1.165, 1.54) is 6.08 Å². The van der Waals surface area contributed by atoms with Crippen LogP contribution in [0.2, 0.25) is 0 Å². The summed E-state index contributed by atoms with van der Waals surface area (Å²) in [5, 5.41) is 9.25. The molecule has 2 aromatic carbocycles. The van der Waals surface area contributed by atoms with Gasteiger partial charge in [-0.25, -0.2) is 9.78 Å². The van der Waals surface area contributed by atoms with Gasteiger partial charge < -0.3 is 9.72 Å². The Morgan fingerprint density at radius 3 is 2.69 bits per heavy atom. The molecule has 0 amide bonds. The molecule has 128 valence electrons. The molecule has 0 aliphatic rings. The summed E-state index contributed by atoms with van der Waals surface area (Å²) in [6, 6.07) is 15.8. The molecule has 0 fully saturated rings. The number of esters is 1. The number of carbonyl (C=O) groups excluding carboxylic acids is 1. The highest BCUT2D eigenvalue weighted by Gasteiger charge is 2.14. The van der Waals surface area contributed by atoms with Gasteiger partial charge in [-0.1, -0.05) is 24.3 Å². The molecule has 26 heavy (non-hydrogen) atoms. The maximum atomic E-state index is 12.1. The smallest absolute Gasteiger partial charge is 0.331 e. The standard InChI is InChI=1S/C20H15N3O3/c1-13(19-22-17-5-3-2-4-16(17)20(25)23-19)26-18(24)11-10-14-6-8-15(12-21)9-7-14/h2-11,13H,1H3,(H,22,23,25)/b11-10+/t13-/m0/s1. The highest BCUT2D eigenvalue weighted by atomic mass is 16.5. The molecule has 0 spiro atoms. The first-order valence-electron chi connectivity index (χ1n) is 7.94. The molecule has 1 atom stereocenters. The molecule has 0 aliphatic heterocycles. The predicted molar refractivity (Wildman–Crippen MR) is 97.1 cm³/mol. The van der Waals surface area contributed by atoms with Gasteiger partial charge in [0.25, 0.3) is 5.56 Å². The fourth-order valence-corrected chi connectivity index (χ4v) is 2.40. The van der Waals surface area contributed by atoms with E-state index < -0.39 is 12.1 Å². The lowest BCUT2D eigenvalue weighted by Gasteiger charge is -2.11. The first kappa shape index (κ1) is 17.1. The van der Waals surface area contributed by atoms with Gasteiger partial charge in [0.05, 0.1) is 22.5 Å². The number of nitrogens with zero attached hydrogens (tertiary/aromatic N) is 2. The van der Waals surface area contributed by atoms with E-state index in [1.807, 2.05) is 6.07 Å². The average molecular weight is 345 g/mol. The van der Waals surface area contributed by atoms with Crippen LogP contribution < -0.4 is 5.56 Å². The summed E-state index contributed by atoms with van der Waals surface area (Å²) in [5.41, 5.74) is 1.58. The van der Waals surface area contributed by atoms with Gasteiger partial charge in [0, 0.05) is 6.08 Å². The topological polar surface area (TPSA) is 95.8 Å². The third kappa shape index (κ3) is 3.84. The largest absolute Gasteiger partial charge is 0.451 e. The Bertz CT molecular complexity index is 1080. The normalized spacial score (nSPS) is 12.0. The van der Waals surface area contributed by atoms with Crippen molar-refractivity contribution in [1.29, 1.82) is 5.26 Å². The maximum Gasteiger partial charge on any atom is 0.331 e. The first-order valence-corrected chi connectivity index (χ1v) is 7.94. The molecular weight excluding hydrogens is 330 g/mol. The van der Waals surface area contributed by atoms with Gasteiger partial charge in [0.15, 0.2) is 11.9 Å². The highest BCUT2D eigenvalue weighted by molar-refractivity contribution is 5.87. The third-order valence-corrected chi connectivity index (χ3v) is 3.76. The second kappa shape index (κ2) is 7.45. The number of aromatic nitrogens is 2. The summed E-state index contributed by atoms with van der Waals surface area (Å²) in [7, 11) is 0. The van der Waals surface area contributed by atoms with Crippen molar-refractivity contribution in [2.24, 2.45) is 0 Å². The van der Waals surface area contributed by atoms with Crippen molar-refractivity contribution in [1.82, 2.24) is 9.97 Å². The van der Waals surface area contributed by atoms with E-state index in [1.54, 1.807) is 61.5 Å². The van der Waals surface area contributed by atoms with Gasteiger partial charge >= 0.3 is 5.97 Å². The Hall–Kier alpha value is -3.72. The van der Waals surface area contributed by atoms with Crippen LogP contribution in [0.4, 0.5) is 0 Å². The molecule has 0 saturated heterocycles. The Morgan fingerprint density at radius 2 is 1.96 bits per heavy atom. The summed E-state index contributed by atoms with van der Waals surface area (Å²) in [6.45, 7) is 1.64. The molecule has 0 unspecified atom stereocenters. The number of nitriles is 1. The summed E-state index contributed by atoms with van der Waals surface area (Å²) >= 11 is 0. The number of benzene rings is 2. The monoisotopic (exact) mass is 345 g/mol. The molecule has 0 aliphatic carbocycles. The zero-order valence-electron chi connectivity index (χ0n) is 14.0. The molecule has 0 bridgehead atoms. The molecule has 3 rings (SSSR count). The second-order valence-electron chi connectivity index (χ2n) is 5.61. The predicted octanol–water partition coefficient (Wildman–Crippen LogP) is 3.11. The minimum Gasteiger partial charge on any atom is -0.451 e. The molecule has 6 nitrogen and oxygen atoms in total. The van der Waals surface area contributed by atoms with Crippen LogP contribution in [-0.4, -0.2) is 15.9 Å². The van der Waals surface area contributed by atoms with Crippen LogP contribution in [0.5, 0.6) is 0 Å². The number of ether oxygens (including phenoxy) is 1. The quantitative estimate of drug-likeness (QED) is 0.579. The van der Waals surface area contributed by atoms with Crippen LogP contribution in [0.1, 0.15) is 30.0 Å². The Morgan fingerprint density at radius 1 is 1.23 bits per heavy atom. The zero-order valence-corrected chi connectivity index (χ0v) is 14.0.